The summed E-state index contributed by atoms with van der Waals surface area (Å²) in [5.74, 6) is -1.57. The summed E-state index contributed by atoms with van der Waals surface area (Å²) in [6.45, 7) is 1.04. The molecule has 2 N–H and O–H groups in total. The number of nitrogens with zero attached hydrogens (tertiary/aromatic N) is 3. The molecule has 0 radical (unpaired) electrons. The number of hydrogen-bond acceptors (Lipinski definition) is 5. The van der Waals surface area contributed by atoms with Crippen molar-refractivity contribution in [3.63, 3.8) is 0 Å². The molecule has 9 nitrogen and oxygen atoms in total. The first kappa shape index (κ1) is 16.1. The Morgan fingerprint density at radius 3 is 2.57 bits per heavy atom. The Hall–Kier alpha value is -3.23. The van der Waals surface area contributed by atoms with Crippen LogP contribution in [-0.2, 0) is 16.1 Å². The number of non-ortho nitro benzene ring substituents is 1. The van der Waals surface area contributed by atoms with Crippen molar-refractivity contribution < 1.29 is 14.5 Å². The summed E-state index contributed by atoms with van der Waals surface area (Å²) < 4.78 is 1.86. The number of aryl methyl sites for hydroxylation is 1. The highest BCUT2D eigenvalue weighted by atomic mass is 16.6. The van der Waals surface area contributed by atoms with Crippen molar-refractivity contribution in [3.05, 3.63) is 53.1 Å². The molecule has 9 heteroatoms. The molecule has 0 aliphatic heterocycles. The molecule has 0 unspecified atom stereocenters. The van der Waals surface area contributed by atoms with E-state index in [2.05, 4.69) is 15.6 Å². The molecule has 2 aromatic rings. The molecule has 1 aromatic carbocycles. The largest absolute Gasteiger partial charge is 0.348 e. The lowest BCUT2D eigenvalue weighted by Gasteiger charge is -2.06. The second-order valence-electron chi connectivity index (χ2n) is 4.67. The molecule has 0 aliphatic carbocycles. The van der Waals surface area contributed by atoms with Gasteiger partial charge in [0.15, 0.2) is 0 Å². The first-order valence-electron chi connectivity index (χ1n) is 6.85. The van der Waals surface area contributed by atoms with Gasteiger partial charge in [-0.25, -0.2) is 4.98 Å². The Bertz CT molecular complexity index is 682. The first-order valence-corrected chi connectivity index (χ1v) is 6.85. The van der Waals surface area contributed by atoms with Crippen LogP contribution in [0.5, 0.6) is 0 Å². The number of aromatic nitrogens is 2. The van der Waals surface area contributed by atoms with E-state index in [-0.39, 0.29) is 5.69 Å². The number of hydrogen-bond donors (Lipinski definition) is 2. The molecule has 0 saturated carbocycles. The van der Waals surface area contributed by atoms with E-state index < -0.39 is 16.7 Å². The van der Waals surface area contributed by atoms with E-state index in [0.29, 0.717) is 25.2 Å². The van der Waals surface area contributed by atoms with Crippen LogP contribution < -0.4 is 10.6 Å². The maximum absolute atomic E-state index is 11.7. The van der Waals surface area contributed by atoms with E-state index in [4.69, 9.17) is 0 Å². The van der Waals surface area contributed by atoms with Gasteiger partial charge in [-0.15, -0.1) is 0 Å². The molecule has 0 atom stereocenters. The lowest BCUT2D eigenvalue weighted by atomic mass is 10.3. The topological polar surface area (TPSA) is 119 Å². The van der Waals surface area contributed by atoms with Gasteiger partial charge in [0.05, 0.1) is 11.3 Å². The Morgan fingerprint density at radius 1 is 1.22 bits per heavy atom. The maximum atomic E-state index is 11.7. The van der Waals surface area contributed by atoms with E-state index in [1.54, 1.807) is 12.5 Å². The minimum Gasteiger partial charge on any atom is -0.348 e. The van der Waals surface area contributed by atoms with Crippen molar-refractivity contribution >= 4 is 23.2 Å². The average molecular weight is 317 g/mol. The first-order chi connectivity index (χ1) is 11.1. The van der Waals surface area contributed by atoms with Crippen LogP contribution in [0.2, 0.25) is 0 Å². The Morgan fingerprint density at radius 2 is 1.96 bits per heavy atom. The number of nitrogens with one attached hydrogen (secondary N) is 2. The number of carbonyl (C=O) groups is 2. The molecular formula is C14H15N5O4. The smallest absolute Gasteiger partial charge is 0.313 e. The normalized spacial score (nSPS) is 10.1. The van der Waals surface area contributed by atoms with Gasteiger partial charge in [-0.1, -0.05) is 0 Å². The van der Waals surface area contributed by atoms with E-state index in [1.807, 2.05) is 10.8 Å². The lowest BCUT2D eigenvalue weighted by molar-refractivity contribution is -0.384. The molecule has 1 heterocycles. The Kier molecular flexibility index (Phi) is 5.40. The molecule has 2 amide bonds. The third-order valence-corrected chi connectivity index (χ3v) is 2.98. The standard InChI is InChI=1S/C14H15N5O4/c20-13(16-6-1-8-18-9-7-15-10-18)14(21)17-11-2-4-12(5-3-11)19(22)23/h2-5,7,9-10H,1,6,8H2,(H,16,20)(H,17,21). The fraction of sp³-hybridized carbons (Fsp3) is 0.214. The highest BCUT2D eigenvalue weighted by Crippen LogP contribution is 2.15. The maximum Gasteiger partial charge on any atom is 0.313 e. The van der Waals surface area contributed by atoms with Gasteiger partial charge in [-0.2, -0.15) is 0 Å². The molecular weight excluding hydrogens is 302 g/mol. The fourth-order valence-corrected chi connectivity index (χ4v) is 1.82. The monoisotopic (exact) mass is 317 g/mol. The highest BCUT2D eigenvalue weighted by Gasteiger charge is 2.13. The highest BCUT2D eigenvalue weighted by molar-refractivity contribution is 6.39. The second-order valence-corrected chi connectivity index (χ2v) is 4.67. The minimum absolute atomic E-state index is 0.0908. The van der Waals surface area contributed by atoms with Crippen LogP contribution in [0.4, 0.5) is 11.4 Å². The number of imidazole rings is 1. The van der Waals surface area contributed by atoms with E-state index in [0.717, 1.165) is 0 Å². The molecule has 0 bridgehead atoms. The number of carbonyl (C=O) groups excluding carboxylic acids is 2. The summed E-state index contributed by atoms with van der Waals surface area (Å²) in [6.07, 6.45) is 5.80. The Balaban J connectivity index is 1.73. The number of amides is 2. The lowest BCUT2D eigenvalue weighted by Crippen LogP contribution is -2.36. The van der Waals surface area contributed by atoms with Crippen molar-refractivity contribution in [3.8, 4) is 0 Å². The number of benzene rings is 1. The molecule has 2 rings (SSSR count). The SMILES string of the molecule is O=C(NCCCn1ccnc1)C(=O)Nc1ccc([N+](=O)[O-])cc1. The summed E-state index contributed by atoms with van der Waals surface area (Å²) in [5, 5.41) is 15.4. The van der Waals surface area contributed by atoms with Gasteiger partial charge in [0.25, 0.3) is 5.69 Å². The average Bonchev–Trinajstić information content (AvgIpc) is 3.05. The van der Waals surface area contributed by atoms with Gasteiger partial charge in [-0.05, 0) is 18.6 Å². The summed E-state index contributed by atoms with van der Waals surface area (Å²) in [5.41, 5.74) is 0.223. The molecule has 120 valence electrons. The predicted molar refractivity (Wildman–Crippen MR) is 81.6 cm³/mol. The van der Waals surface area contributed by atoms with Crippen LogP contribution in [0, 0.1) is 10.1 Å². The zero-order valence-corrected chi connectivity index (χ0v) is 12.1. The number of nitro benzene ring substituents is 1. The molecule has 0 fully saturated rings. The quantitative estimate of drug-likeness (QED) is 0.355. The third kappa shape index (κ3) is 4.92. The zero-order chi connectivity index (χ0) is 16.7. The summed E-state index contributed by atoms with van der Waals surface area (Å²) in [4.78, 5) is 37.2. The van der Waals surface area contributed by atoms with Crippen molar-refractivity contribution in [1.82, 2.24) is 14.9 Å². The van der Waals surface area contributed by atoms with Gasteiger partial charge in [-0.3, -0.25) is 19.7 Å². The van der Waals surface area contributed by atoms with Crippen LogP contribution in [0.25, 0.3) is 0 Å². The molecule has 0 spiro atoms. The molecule has 1 aromatic heterocycles. The predicted octanol–water partition coefficient (Wildman–Crippen LogP) is 0.936. The van der Waals surface area contributed by atoms with Crippen LogP contribution in [-0.4, -0.2) is 32.8 Å². The van der Waals surface area contributed by atoms with Gasteiger partial charge in [0.2, 0.25) is 0 Å². The third-order valence-electron chi connectivity index (χ3n) is 2.98. The number of anilines is 1. The van der Waals surface area contributed by atoms with Crippen LogP contribution in [0.3, 0.4) is 0 Å². The minimum atomic E-state index is -0.818. The van der Waals surface area contributed by atoms with Crippen molar-refractivity contribution in [1.29, 1.82) is 0 Å². The molecule has 23 heavy (non-hydrogen) atoms. The van der Waals surface area contributed by atoms with Crippen molar-refractivity contribution in [2.24, 2.45) is 0 Å². The van der Waals surface area contributed by atoms with Crippen LogP contribution in [0.1, 0.15) is 6.42 Å². The Labute approximate surface area is 131 Å². The number of nitro groups is 1. The van der Waals surface area contributed by atoms with Crippen molar-refractivity contribution in [2.45, 2.75) is 13.0 Å². The van der Waals surface area contributed by atoms with Crippen LogP contribution in [0.15, 0.2) is 43.0 Å². The summed E-state index contributed by atoms with van der Waals surface area (Å²) in [7, 11) is 0. The second kappa shape index (κ2) is 7.69. The fourth-order valence-electron chi connectivity index (χ4n) is 1.82. The zero-order valence-electron chi connectivity index (χ0n) is 12.1. The summed E-state index contributed by atoms with van der Waals surface area (Å²) >= 11 is 0. The molecule has 0 saturated heterocycles. The van der Waals surface area contributed by atoms with Gasteiger partial charge < -0.3 is 15.2 Å². The summed E-state index contributed by atoms with van der Waals surface area (Å²) in [6, 6.07) is 5.22. The van der Waals surface area contributed by atoms with Gasteiger partial charge in [0, 0.05) is 43.3 Å². The molecule has 0 aliphatic rings. The van der Waals surface area contributed by atoms with E-state index in [1.165, 1.54) is 24.3 Å². The van der Waals surface area contributed by atoms with Crippen LogP contribution >= 0.6 is 0 Å². The van der Waals surface area contributed by atoms with E-state index in [9.17, 15) is 19.7 Å². The van der Waals surface area contributed by atoms with E-state index >= 15 is 0 Å². The van der Waals surface area contributed by atoms with Gasteiger partial charge in [0.1, 0.15) is 0 Å². The van der Waals surface area contributed by atoms with Crippen molar-refractivity contribution in [2.75, 3.05) is 11.9 Å². The van der Waals surface area contributed by atoms with Gasteiger partial charge >= 0.3 is 11.8 Å². The number of rotatable bonds is 6.